The highest BCUT2D eigenvalue weighted by atomic mass is 28.3. The SMILES string of the molecule is C=C[C@H](c1ccccc1)[Si](C)(C)C. The summed E-state index contributed by atoms with van der Waals surface area (Å²) < 4.78 is 0. The molecule has 1 aromatic rings. The van der Waals surface area contributed by atoms with Gasteiger partial charge in [0.1, 0.15) is 0 Å². The third-order valence-corrected chi connectivity index (χ3v) is 4.76. The van der Waals surface area contributed by atoms with Gasteiger partial charge in [0, 0.05) is 0 Å². The molecule has 0 aliphatic rings. The van der Waals surface area contributed by atoms with E-state index < -0.39 is 8.07 Å². The maximum Gasteiger partial charge on any atom is 0.0565 e. The molecule has 0 fully saturated rings. The molecule has 0 nitrogen and oxygen atoms in total. The van der Waals surface area contributed by atoms with E-state index in [0.717, 1.165) is 0 Å². The van der Waals surface area contributed by atoms with E-state index in [1.165, 1.54) is 5.56 Å². The van der Waals surface area contributed by atoms with Crippen LogP contribution in [0.15, 0.2) is 43.0 Å². The zero-order valence-electron chi connectivity index (χ0n) is 8.75. The van der Waals surface area contributed by atoms with Gasteiger partial charge < -0.3 is 0 Å². The Labute approximate surface area is 82.3 Å². The van der Waals surface area contributed by atoms with Crippen molar-refractivity contribution in [2.45, 2.75) is 25.2 Å². The van der Waals surface area contributed by atoms with Crippen LogP contribution in [0.25, 0.3) is 0 Å². The second-order valence-electron chi connectivity index (χ2n) is 4.49. The predicted molar refractivity (Wildman–Crippen MR) is 62.7 cm³/mol. The molecule has 70 valence electrons. The van der Waals surface area contributed by atoms with Crippen LogP contribution in [0.5, 0.6) is 0 Å². The molecule has 0 saturated carbocycles. The molecule has 0 radical (unpaired) electrons. The van der Waals surface area contributed by atoms with Gasteiger partial charge in [-0.05, 0) is 11.1 Å². The maximum absolute atomic E-state index is 3.94. The first kappa shape index (κ1) is 10.3. The fraction of sp³-hybridized carbons (Fsp3) is 0.333. The summed E-state index contributed by atoms with van der Waals surface area (Å²) >= 11 is 0. The molecule has 0 unspecified atom stereocenters. The average Bonchev–Trinajstić information content (AvgIpc) is 2.05. The predicted octanol–water partition coefficient (Wildman–Crippen LogP) is 3.83. The van der Waals surface area contributed by atoms with Gasteiger partial charge in [-0.1, -0.05) is 56.0 Å². The van der Waals surface area contributed by atoms with Crippen molar-refractivity contribution < 1.29 is 0 Å². The molecule has 0 heterocycles. The number of rotatable bonds is 3. The normalized spacial score (nSPS) is 13.8. The van der Waals surface area contributed by atoms with E-state index in [2.05, 4.69) is 62.6 Å². The minimum Gasteiger partial charge on any atom is -0.103 e. The Morgan fingerprint density at radius 3 is 2.08 bits per heavy atom. The van der Waals surface area contributed by atoms with E-state index in [4.69, 9.17) is 0 Å². The number of allylic oxidation sites excluding steroid dienone is 1. The van der Waals surface area contributed by atoms with E-state index >= 15 is 0 Å². The van der Waals surface area contributed by atoms with Gasteiger partial charge in [0.25, 0.3) is 0 Å². The van der Waals surface area contributed by atoms with Crippen molar-refractivity contribution in [2.75, 3.05) is 0 Å². The van der Waals surface area contributed by atoms with Crippen molar-refractivity contribution in [3.8, 4) is 0 Å². The van der Waals surface area contributed by atoms with Crippen molar-refractivity contribution in [1.82, 2.24) is 0 Å². The zero-order valence-corrected chi connectivity index (χ0v) is 9.75. The minimum atomic E-state index is -1.15. The molecule has 0 aliphatic heterocycles. The lowest BCUT2D eigenvalue weighted by Crippen LogP contribution is -2.29. The van der Waals surface area contributed by atoms with Gasteiger partial charge in [-0.25, -0.2) is 0 Å². The molecule has 0 saturated heterocycles. The molecule has 13 heavy (non-hydrogen) atoms. The Morgan fingerprint density at radius 2 is 1.69 bits per heavy atom. The molecule has 1 atom stereocenters. The van der Waals surface area contributed by atoms with E-state index in [1.807, 2.05) is 0 Å². The molecule has 1 rings (SSSR count). The second-order valence-corrected chi connectivity index (χ2v) is 9.84. The fourth-order valence-corrected chi connectivity index (χ4v) is 3.55. The Hall–Kier alpha value is -0.823. The van der Waals surface area contributed by atoms with Gasteiger partial charge >= 0.3 is 0 Å². The van der Waals surface area contributed by atoms with Crippen LogP contribution in [0.4, 0.5) is 0 Å². The number of benzene rings is 1. The first-order valence-electron chi connectivity index (χ1n) is 4.73. The highest BCUT2D eigenvalue weighted by molar-refractivity contribution is 6.77. The lowest BCUT2D eigenvalue weighted by Gasteiger charge is -2.26. The van der Waals surface area contributed by atoms with Crippen molar-refractivity contribution in [3.05, 3.63) is 48.6 Å². The Kier molecular flexibility index (Phi) is 3.10. The van der Waals surface area contributed by atoms with E-state index in [1.54, 1.807) is 0 Å². The quantitative estimate of drug-likeness (QED) is 0.502. The summed E-state index contributed by atoms with van der Waals surface area (Å²) in [4.78, 5) is 0. The number of hydrogen-bond donors (Lipinski definition) is 0. The Morgan fingerprint density at radius 1 is 1.15 bits per heavy atom. The molecule has 0 aromatic heterocycles. The highest BCUT2D eigenvalue weighted by Crippen LogP contribution is 2.27. The van der Waals surface area contributed by atoms with Gasteiger partial charge in [-0.2, -0.15) is 0 Å². The minimum absolute atomic E-state index is 0.578. The summed E-state index contributed by atoms with van der Waals surface area (Å²) in [5, 5.41) is 0. The smallest absolute Gasteiger partial charge is 0.0565 e. The monoisotopic (exact) mass is 190 g/mol. The van der Waals surface area contributed by atoms with Crippen molar-refractivity contribution >= 4 is 8.07 Å². The summed E-state index contributed by atoms with van der Waals surface area (Å²) in [7, 11) is -1.15. The zero-order chi connectivity index (χ0) is 9.90. The van der Waals surface area contributed by atoms with Crippen LogP contribution in [0, 0.1) is 0 Å². The molecule has 0 N–H and O–H groups in total. The van der Waals surface area contributed by atoms with E-state index in [-0.39, 0.29) is 0 Å². The topological polar surface area (TPSA) is 0 Å². The lowest BCUT2D eigenvalue weighted by molar-refractivity contribution is 1.14. The summed E-state index contributed by atoms with van der Waals surface area (Å²) in [6, 6.07) is 10.7. The van der Waals surface area contributed by atoms with Crippen molar-refractivity contribution in [1.29, 1.82) is 0 Å². The van der Waals surface area contributed by atoms with Gasteiger partial charge in [0.05, 0.1) is 8.07 Å². The van der Waals surface area contributed by atoms with Gasteiger partial charge in [0.15, 0.2) is 0 Å². The van der Waals surface area contributed by atoms with E-state index in [0.29, 0.717) is 5.54 Å². The third-order valence-electron chi connectivity index (χ3n) is 2.33. The Bertz CT molecular complexity index is 269. The summed E-state index contributed by atoms with van der Waals surface area (Å²) in [6.45, 7) is 11.1. The van der Waals surface area contributed by atoms with Gasteiger partial charge in [0.2, 0.25) is 0 Å². The van der Waals surface area contributed by atoms with Crippen molar-refractivity contribution in [3.63, 3.8) is 0 Å². The van der Waals surface area contributed by atoms with Crippen LogP contribution < -0.4 is 0 Å². The first-order valence-corrected chi connectivity index (χ1v) is 8.31. The van der Waals surface area contributed by atoms with Crippen molar-refractivity contribution in [2.24, 2.45) is 0 Å². The summed E-state index contributed by atoms with van der Waals surface area (Å²) in [5.74, 6) is 0. The van der Waals surface area contributed by atoms with Crippen LogP contribution in [-0.2, 0) is 0 Å². The highest BCUT2D eigenvalue weighted by Gasteiger charge is 2.24. The molecule has 1 heteroatoms. The largest absolute Gasteiger partial charge is 0.103 e. The van der Waals surface area contributed by atoms with E-state index in [9.17, 15) is 0 Å². The molecule has 0 spiro atoms. The number of hydrogen-bond acceptors (Lipinski definition) is 0. The second kappa shape index (κ2) is 3.92. The average molecular weight is 190 g/mol. The molecular formula is C12H18Si. The van der Waals surface area contributed by atoms with Crippen LogP contribution in [0.1, 0.15) is 11.1 Å². The van der Waals surface area contributed by atoms with Gasteiger partial charge in [-0.15, -0.1) is 6.58 Å². The first-order chi connectivity index (χ1) is 6.05. The molecular weight excluding hydrogens is 172 g/mol. The molecule has 1 aromatic carbocycles. The standard InChI is InChI=1S/C12H18Si/c1-5-12(13(2,3)4)11-9-7-6-8-10-11/h5-10,12H,1H2,2-4H3/t12-/m1/s1. The van der Waals surface area contributed by atoms with Crippen LogP contribution in [-0.4, -0.2) is 8.07 Å². The fourth-order valence-electron chi connectivity index (χ4n) is 1.65. The molecule has 0 bridgehead atoms. The third kappa shape index (κ3) is 2.56. The summed E-state index contributed by atoms with van der Waals surface area (Å²) in [6.07, 6.45) is 2.10. The Balaban J connectivity index is 2.99. The van der Waals surface area contributed by atoms with Gasteiger partial charge in [-0.3, -0.25) is 0 Å². The lowest BCUT2D eigenvalue weighted by atomic mass is 10.1. The van der Waals surface area contributed by atoms with Crippen LogP contribution in [0.2, 0.25) is 19.6 Å². The van der Waals surface area contributed by atoms with Crippen LogP contribution in [0.3, 0.4) is 0 Å². The molecule has 0 amide bonds. The summed E-state index contributed by atoms with van der Waals surface area (Å²) in [5.41, 5.74) is 1.99. The maximum atomic E-state index is 3.94. The molecule has 0 aliphatic carbocycles. The van der Waals surface area contributed by atoms with Crippen LogP contribution >= 0.6 is 0 Å².